The number of anilines is 1. The van der Waals surface area contributed by atoms with E-state index in [1.165, 1.54) is 6.21 Å². The lowest BCUT2D eigenvalue weighted by Gasteiger charge is -2.27. The Morgan fingerprint density at radius 3 is 2.00 bits per heavy atom. The van der Waals surface area contributed by atoms with E-state index < -0.39 is 11.5 Å². The first-order chi connectivity index (χ1) is 18.0. The van der Waals surface area contributed by atoms with Crippen molar-refractivity contribution in [1.29, 1.82) is 0 Å². The van der Waals surface area contributed by atoms with Gasteiger partial charge in [-0.2, -0.15) is 5.10 Å². The van der Waals surface area contributed by atoms with Gasteiger partial charge in [-0.3, -0.25) is 9.59 Å². The number of nitrogens with one attached hydrogen (secondary N) is 2. The fourth-order valence-corrected chi connectivity index (χ4v) is 4.12. The first-order valence-electron chi connectivity index (χ1n) is 11.4. The van der Waals surface area contributed by atoms with E-state index in [1.807, 2.05) is 30.3 Å². The Morgan fingerprint density at radius 1 is 0.865 bits per heavy atom. The average Bonchev–Trinajstić information content (AvgIpc) is 2.93. The maximum absolute atomic E-state index is 13.1. The molecule has 0 saturated carbocycles. The third-order valence-electron chi connectivity index (χ3n) is 5.46. The summed E-state index contributed by atoms with van der Waals surface area (Å²) in [6.07, 6.45) is 1.45. The van der Waals surface area contributed by atoms with E-state index >= 15 is 0 Å². The topological polar surface area (TPSA) is 100 Å². The van der Waals surface area contributed by atoms with Gasteiger partial charge in [0.25, 0.3) is 11.8 Å². The van der Waals surface area contributed by atoms with Crippen molar-refractivity contribution in [2.75, 3.05) is 11.9 Å². The van der Waals surface area contributed by atoms with Gasteiger partial charge in [-0.15, -0.1) is 0 Å². The van der Waals surface area contributed by atoms with Crippen molar-refractivity contribution in [3.05, 3.63) is 130 Å². The third-order valence-corrected chi connectivity index (χ3v) is 6.08. The van der Waals surface area contributed by atoms with E-state index in [9.17, 15) is 14.7 Å². The number of ether oxygens (including phenoxy) is 1. The Labute approximate surface area is 222 Å². The molecule has 0 spiro atoms. The summed E-state index contributed by atoms with van der Waals surface area (Å²) in [6, 6.07) is 31.7. The van der Waals surface area contributed by atoms with Gasteiger partial charge in [0.1, 0.15) is 5.75 Å². The zero-order valence-corrected chi connectivity index (χ0v) is 21.3. The summed E-state index contributed by atoms with van der Waals surface area (Å²) in [5, 5.41) is 18.3. The molecule has 7 nitrogen and oxygen atoms in total. The Balaban J connectivity index is 1.40. The predicted octanol–water partition coefficient (Wildman–Crippen LogP) is 4.85. The predicted molar refractivity (Wildman–Crippen MR) is 146 cm³/mol. The van der Waals surface area contributed by atoms with Crippen molar-refractivity contribution in [3.8, 4) is 5.75 Å². The molecule has 0 radical (unpaired) electrons. The van der Waals surface area contributed by atoms with Gasteiger partial charge in [-0.1, -0.05) is 78.9 Å². The molecule has 3 N–H and O–H groups in total. The minimum atomic E-state index is -1.92. The second-order valence-corrected chi connectivity index (χ2v) is 8.89. The Bertz CT molecular complexity index is 1340. The van der Waals surface area contributed by atoms with Crippen LogP contribution in [0.4, 0.5) is 5.69 Å². The number of carbonyl (C=O) groups excluding carboxylic acids is 2. The zero-order valence-electron chi connectivity index (χ0n) is 19.7. The van der Waals surface area contributed by atoms with E-state index in [-0.39, 0.29) is 12.5 Å². The number of hydrogen-bond acceptors (Lipinski definition) is 5. The largest absolute Gasteiger partial charge is 0.483 e. The van der Waals surface area contributed by atoms with Gasteiger partial charge >= 0.3 is 0 Å². The van der Waals surface area contributed by atoms with E-state index in [0.717, 1.165) is 0 Å². The molecule has 0 aliphatic carbocycles. The highest BCUT2D eigenvalue weighted by atomic mass is 79.9. The maximum atomic E-state index is 13.1. The first-order valence-corrected chi connectivity index (χ1v) is 12.2. The highest BCUT2D eigenvalue weighted by Gasteiger charge is 2.39. The molecule has 0 aliphatic heterocycles. The number of amides is 2. The second-order valence-electron chi connectivity index (χ2n) is 8.03. The Morgan fingerprint density at radius 2 is 1.43 bits per heavy atom. The molecule has 4 aromatic carbocycles. The van der Waals surface area contributed by atoms with E-state index in [1.54, 1.807) is 78.9 Å². The summed E-state index contributed by atoms with van der Waals surface area (Å²) in [7, 11) is 0. The van der Waals surface area contributed by atoms with Crippen LogP contribution in [0.25, 0.3) is 0 Å². The molecular formula is C29H24BrN3O4. The molecule has 4 rings (SSSR count). The number of benzene rings is 4. The van der Waals surface area contributed by atoms with Crippen molar-refractivity contribution < 1.29 is 19.4 Å². The maximum Gasteiger partial charge on any atom is 0.281 e. The lowest BCUT2D eigenvalue weighted by atomic mass is 9.85. The van der Waals surface area contributed by atoms with Crippen LogP contribution in [0.5, 0.6) is 5.75 Å². The van der Waals surface area contributed by atoms with Gasteiger partial charge in [0.2, 0.25) is 0 Å². The molecule has 0 aromatic heterocycles. The molecule has 0 aliphatic rings. The highest BCUT2D eigenvalue weighted by molar-refractivity contribution is 9.10. The van der Waals surface area contributed by atoms with Crippen LogP contribution in [-0.4, -0.2) is 29.7 Å². The summed E-state index contributed by atoms with van der Waals surface area (Å²) >= 11 is 3.43. The Kier molecular flexibility index (Phi) is 8.45. The Hall–Kier alpha value is -4.27. The first kappa shape index (κ1) is 25.8. The van der Waals surface area contributed by atoms with Crippen molar-refractivity contribution in [1.82, 2.24) is 5.43 Å². The normalized spacial score (nSPS) is 11.2. The van der Waals surface area contributed by atoms with Crippen molar-refractivity contribution in [2.45, 2.75) is 5.60 Å². The van der Waals surface area contributed by atoms with Crippen molar-refractivity contribution in [2.24, 2.45) is 5.10 Å². The van der Waals surface area contributed by atoms with E-state index in [2.05, 4.69) is 31.8 Å². The van der Waals surface area contributed by atoms with Crippen molar-refractivity contribution in [3.63, 3.8) is 0 Å². The minimum absolute atomic E-state index is 0.158. The molecule has 0 unspecified atom stereocenters. The number of hydrogen-bond donors (Lipinski definition) is 3. The molecule has 0 bridgehead atoms. The lowest BCUT2D eigenvalue weighted by molar-refractivity contribution is -0.136. The monoisotopic (exact) mass is 557 g/mol. The number of para-hydroxylation sites is 1. The molecule has 8 heteroatoms. The molecule has 2 amide bonds. The van der Waals surface area contributed by atoms with Gasteiger partial charge in [0, 0.05) is 5.69 Å². The summed E-state index contributed by atoms with van der Waals surface area (Å²) in [4.78, 5) is 25.2. The van der Waals surface area contributed by atoms with E-state index in [0.29, 0.717) is 32.6 Å². The molecule has 0 saturated heterocycles. The van der Waals surface area contributed by atoms with Crippen LogP contribution >= 0.6 is 15.9 Å². The van der Waals surface area contributed by atoms with Gasteiger partial charge in [-0.05, 0) is 63.0 Å². The average molecular weight is 558 g/mol. The quantitative estimate of drug-likeness (QED) is 0.202. The summed E-state index contributed by atoms with van der Waals surface area (Å²) in [5.74, 6) is -0.493. The number of nitrogens with zero attached hydrogens (tertiary/aromatic N) is 1. The van der Waals surface area contributed by atoms with Gasteiger partial charge < -0.3 is 15.2 Å². The second kappa shape index (κ2) is 12.1. The lowest BCUT2D eigenvalue weighted by Crippen LogP contribution is -2.43. The van der Waals surface area contributed by atoms with Crippen LogP contribution in [0.3, 0.4) is 0 Å². The van der Waals surface area contributed by atoms with E-state index in [4.69, 9.17) is 4.74 Å². The number of hydrazone groups is 1. The molecule has 4 aromatic rings. The molecule has 0 heterocycles. The number of aliphatic hydroxyl groups is 1. The number of halogens is 1. The fraction of sp³-hybridized carbons (Fsp3) is 0.0690. The van der Waals surface area contributed by atoms with Crippen LogP contribution in [0, 0.1) is 0 Å². The van der Waals surface area contributed by atoms with Crippen LogP contribution in [-0.2, 0) is 15.2 Å². The molecule has 37 heavy (non-hydrogen) atoms. The van der Waals surface area contributed by atoms with Crippen LogP contribution in [0.1, 0.15) is 16.7 Å². The third kappa shape index (κ3) is 6.49. The number of carbonyl (C=O) groups is 2. The molecule has 0 fully saturated rings. The highest BCUT2D eigenvalue weighted by Crippen LogP contribution is 2.30. The minimum Gasteiger partial charge on any atom is -0.483 e. The molecule has 186 valence electrons. The van der Waals surface area contributed by atoms with Crippen molar-refractivity contribution >= 4 is 39.6 Å². The fourth-order valence-electron chi connectivity index (χ4n) is 3.61. The smallest absolute Gasteiger partial charge is 0.281 e. The molecule has 0 atom stereocenters. The summed E-state index contributed by atoms with van der Waals surface area (Å²) in [5.41, 5.74) is 2.73. The number of rotatable bonds is 9. The molecular weight excluding hydrogens is 534 g/mol. The van der Waals surface area contributed by atoms with Gasteiger partial charge in [0.15, 0.2) is 12.2 Å². The summed E-state index contributed by atoms with van der Waals surface area (Å²) < 4.78 is 6.22. The van der Waals surface area contributed by atoms with Gasteiger partial charge in [0.05, 0.1) is 10.7 Å². The van der Waals surface area contributed by atoms with Crippen LogP contribution in [0.15, 0.2) is 119 Å². The van der Waals surface area contributed by atoms with Crippen LogP contribution < -0.4 is 15.5 Å². The van der Waals surface area contributed by atoms with Gasteiger partial charge in [-0.25, -0.2) is 5.43 Å². The zero-order chi connectivity index (χ0) is 26.1. The van der Waals surface area contributed by atoms with Crippen LogP contribution in [0.2, 0.25) is 0 Å². The SMILES string of the molecule is O=C(COc1ccc(/C=N\NC(=O)C(O)(c2ccccc2)c2ccccc2)cc1Br)Nc1ccccc1. The summed E-state index contributed by atoms with van der Waals surface area (Å²) in [6.45, 7) is -0.158. The standard InChI is InChI=1S/C29H24BrN3O4/c30-25-18-21(16-17-26(25)37-20-27(34)32-24-14-8-3-9-15-24)19-31-33-28(35)29(36,22-10-4-1-5-11-22)23-12-6-2-7-13-23/h1-19,36H,20H2,(H,32,34)(H,33,35)/b31-19-.